The molecule has 2 aromatic rings. The summed E-state index contributed by atoms with van der Waals surface area (Å²) in [7, 11) is 0. The first kappa shape index (κ1) is 12.6. The van der Waals surface area contributed by atoms with Crippen LogP contribution in [-0.4, -0.2) is 16.2 Å². The molecule has 2 rings (SSSR count). The second kappa shape index (κ2) is 4.78. The smallest absolute Gasteiger partial charge is 0.303 e. The monoisotopic (exact) mass is 244 g/mol. The van der Waals surface area contributed by atoms with Crippen LogP contribution >= 0.6 is 0 Å². The molecule has 0 spiro atoms. The largest absolute Gasteiger partial charge is 0.481 e. The molecule has 0 heterocycles. The van der Waals surface area contributed by atoms with Gasteiger partial charge in [-0.2, -0.15) is 0 Å². The number of carboxylic acid groups (broad SMARTS) is 1. The van der Waals surface area contributed by atoms with Gasteiger partial charge in [-0.05, 0) is 35.7 Å². The molecule has 3 heteroatoms. The van der Waals surface area contributed by atoms with Gasteiger partial charge in [0.2, 0.25) is 0 Å². The van der Waals surface area contributed by atoms with E-state index in [2.05, 4.69) is 0 Å². The highest BCUT2D eigenvalue weighted by Crippen LogP contribution is 2.28. The number of hydrogen-bond acceptors (Lipinski definition) is 2. The van der Waals surface area contributed by atoms with E-state index in [-0.39, 0.29) is 12.8 Å². The quantitative estimate of drug-likeness (QED) is 0.869. The molecular formula is C15H16O3. The van der Waals surface area contributed by atoms with Crippen LogP contribution in [0.25, 0.3) is 10.8 Å². The van der Waals surface area contributed by atoms with E-state index < -0.39 is 11.6 Å². The fraction of sp³-hybridized carbons (Fsp3) is 0.267. The minimum absolute atomic E-state index is 0.0418. The highest BCUT2D eigenvalue weighted by atomic mass is 16.4. The van der Waals surface area contributed by atoms with Crippen LogP contribution in [-0.2, 0) is 10.4 Å². The molecule has 0 aliphatic rings. The lowest BCUT2D eigenvalue weighted by Crippen LogP contribution is -2.22. The summed E-state index contributed by atoms with van der Waals surface area (Å²) in [6.45, 7) is 1.65. The van der Waals surface area contributed by atoms with Crippen molar-refractivity contribution >= 4 is 16.7 Å². The molecule has 3 nitrogen and oxygen atoms in total. The van der Waals surface area contributed by atoms with Crippen LogP contribution in [0.5, 0.6) is 0 Å². The third-order valence-electron chi connectivity index (χ3n) is 3.20. The Kier molecular flexibility index (Phi) is 3.34. The fourth-order valence-corrected chi connectivity index (χ4v) is 2.02. The second-order valence-electron chi connectivity index (χ2n) is 4.73. The van der Waals surface area contributed by atoms with E-state index in [9.17, 15) is 9.90 Å². The summed E-state index contributed by atoms with van der Waals surface area (Å²) in [6.07, 6.45) is 0.167. The predicted molar refractivity (Wildman–Crippen MR) is 70.4 cm³/mol. The molecule has 0 aliphatic carbocycles. The van der Waals surface area contributed by atoms with Crippen LogP contribution in [0.15, 0.2) is 42.5 Å². The van der Waals surface area contributed by atoms with E-state index in [0.29, 0.717) is 0 Å². The highest BCUT2D eigenvalue weighted by Gasteiger charge is 2.24. The van der Waals surface area contributed by atoms with Crippen LogP contribution in [0.3, 0.4) is 0 Å². The standard InChI is InChI=1S/C15H16O3/c1-15(18,9-8-14(16)17)13-7-6-11-4-2-3-5-12(11)10-13/h2-7,10,18H,8-9H2,1H3,(H,16,17). The molecule has 0 aliphatic heterocycles. The molecule has 94 valence electrons. The molecule has 1 atom stereocenters. The Morgan fingerprint density at radius 3 is 2.50 bits per heavy atom. The number of benzene rings is 2. The normalized spacial score (nSPS) is 14.3. The van der Waals surface area contributed by atoms with E-state index in [0.717, 1.165) is 16.3 Å². The third kappa shape index (κ3) is 2.68. The van der Waals surface area contributed by atoms with Crippen molar-refractivity contribution in [2.24, 2.45) is 0 Å². The van der Waals surface area contributed by atoms with Gasteiger partial charge in [0.25, 0.3) is 0 Å². The van der Waals surface area contributed by atoms with Gasteiger partial charge in [0.05, 0.1) is 5.60 Å². The Labute approximate surface area is 106 Å². The van der Waals surface area contributed by atoms with Crippen molar-refractivity contribution in [2.45, 2.75) is 25.4 Å². The summed E-state index contributed by atoms with van der Waals surface area (Å²) >= 11 is 0. The van der Waals surface area contributed by atoms with Crippen LogP contribution in [0.2, 0.25) is 0 Å². The summed E-state index contributed by atoms with van der Waals surface area (Å²) in [5.74, 6) is -0.893. The number of rotatable bonds is 4. The van der Waals surface area contributed by atoms with Gasteiger partial charge >= 0.3 is 5.97 Å². The number of hydrogen-bond donors (Lipinski definition) is 2. The molecule has 2 aromatic carbocycles. The number of aliphatic carboxylic acids is 1. The minimum atomic E-state index is -1.11. The van der Waals surface area contributed by atoms with E-state index >= 15 is 0 Å². The van der Waals surface area contributed by atoms with E-state index in [1.807, 2.05) is 42.5 Å². The maximum Gasteiger partial charge on any atom is 0.303 e. The summed E-state index contributed by atoms with van der Waals surface area (Å²) in [5.41, 5.74) is -0.356. The summed E-state index contributed by atoms with van der Waals surface area (Å²) in [4.78, 5) is 10.6. The lowest BCUT2D eigenvalue weighted by molar-refractivity contribution is -0.138. The van der Waals surface area contributed by atoms with Gasteiger partial charge in [0.15, 0.2) is 0 Å². The fourth-order valence-electron chi connectivity index (χ4n) is 2.02. The summed E-state index contributed by atoms with van der Waals surface area (Å²) in [6, 6.07) is 13.6. The molecule has 0 fully saturated rings. The van der Waals surface area contributed by atoms with Crippen molar-refractivity contribution in [3.63, 3.8) is 0 Å². The maximum atomic E-state index is 10.6. The number of fused-ring (bicyclic) bond motifs is 1. The van der Waals surface area contributed by atoms with Crippen molar-refractivity contribution in [3.05, 3.63) is 48.0 Å². The zero-order valence-electron chi connectivity index (χ0n) is 10.3. The highest BCUT2D eigenvalue weighted by molar-refractivity contribution is 5.83. The van der Waals surface area contributed by atoms with Crippen molar-refractivity contribution in [1.29, 1.82) is 0 Å². The number of aliphatic hydroxyl groups is 1. The molecule has 2 N–H and O–H groups in total. The van der Waals surface area contributed by atoms with Crippen LogP contribution in [0, 0.1) is 0 Å². The number of carbonyl (C=O) groups is 1. The summed E-state index contributed by atoms with van der Waals surface area (Å²) in [5, 5.41) is 21.2. The Balaban J connectivity index is 2.32. The first-order chi connectivity index (χ1) is 8.49. The Hall–Kier alpha value is -1.87. The second-order valence-corrected chi connectivity index (χ2v) is 4.73. The van der Waals surface area contributed by atoms with Gasteiger partial charge in [-0.25, -0.2) is 0 Å². The van der Waals surface area contributed by atoms with Gasteiger partial charge in [0, 0.05) is 6.42 Å². The zero-order valence-corrected chi connectivity index (χ0v) is 10.3. The molecule has 18 heavy (non-hydrogen) atoms. The van der Waals surface area contributed by atoms with Gasteiger partial charge in [-0.1, -0.05) is 36.4 Å². The van der Waals surface area contributed by atoms with Crippen LogP contribution in [0.1, 0.15) is 25.3 Å². The van der Waals surface area contributed by atoms with E-state index in [1.54, 1.807) is 6.92 Å². The van der Waals surface area contributed by atoms with Crippen LogP contribution < -0.4 is 0 Å². The molecule has 0 aromatic heterocycles. The molecule has 0 bridgehead atoms. The Morgan fingerprint density at radius 1 is 1.17 bits per heavy atom. The van der Waals surface area contributed by atoms with Crippen molar-refractivity contribution in [1.82, 2.24) is 0 Å². The molecule has 0 radical (unpaired) electrons. The zero-order chi connectivity index (χ0) is 13.2. The summed E-state index contributed by atoms with van der Waals surface area (Å²) < 4.78 is 0. The average Bonchev–Trinajstić information content (AvgIpc) is 2.36. The van der Waals surface area contributed by atoms with Gasteiger partial charge < -0.3 is 10.2 Å². The van der Waals surface area contributed by atoms with Crippen molar-refractivity contribution in [3.8, 4) is 0 Å². The van der Waals surface area contributed by atoms with Gasteiger partial charge in [-0.15, -0.1) is 0 Å². The lowest BCUT2D eigenvalue weighted by atomic mass is 9.89. The topological polar surface area (TPSA) is 57.5 Å². The van der Waals surface area contributed by atoms with Gasteiger partial charge in [-0.3, -0.25) is 4.79 Å². The third-order valence-corrected chi connectivity index (χ3v) is 3.20. The van der Waals surface area contributed by atoms with Crippen LogP contribution in [0.4, 0.5) is 0 Å². The SMILES string of the molecule is CC(O)(CCC(=O)O)c1ccc2ccccc2c1. The van der Waals surface area contributed by atoms with Crippen molar-refractivity contribution in [2.75, 3.05) is 0 Å². The molecule has 0 amide bonds. The average molecular weight is 244 g/mol. The predicted octanol–water partition coefficient (Wildman–Crippen LogP) is 2.91. The molecular weight excluding hydrogens is 228 g/mol. The lowest BCUT2D eigenvalue weighted by Gasteiger charge is -2.23. The number of carboxylic acids is 1. The maximum absolute atomic E-state index is 10.6. The van der Waals surface area contributed by atoms with Crippen molar-refractivity contribution < 1.29 is 15.0 Å². The Morgan fingerprint density at radius 2 is 1.83 bits per heavy atom. The minimum Gasteiger partial charge on any atom is -0.481 e. The Bertz CT molecular complexity index is 573. The molecule has 1 unspecified atom stereocenters. The molecule has 0 saturated heterocycles. The first-order valence-electron chi connectivity index (χ1n) is 5.92. The van der Waals surface area contributed by atoms with Gasteiger partial charge in [0.1, 0.15) is 0 Å². The first-order valence-corrected chi connectivity index (χ1v) is 5.92. The van der Waals surface area contributed by atoms with E-state index in [1.165, 1.54) is 0 Å². The van der Waals surface area contributed by atoms with E-state index in [4.69, 9.17) is 5.11 Å². The molecule has 0 saturated carbocycles.